The third kappa shape index (κ3) is 3.69. The molecule has 0 atom stereocenters. The second kappa shape index (κ2) is 8.35. The Hall–Kier alpha value is -4.46. The lowest BCUT2D eigenvalue weighted by molar-refractivity contribution is -0.128. The Morgan fingerprint density at radius 2 is 1.59 bits per heavy atom. The first-order chi connectivity index (χ1) is 15.4. The molecular weight excluding hydrogens is 412 g/mol. The monoisotopic (exact) mass is 430 g/mol. The third-order valence-corrected chi connectivity index (χ3v) is 4.97. The van der Waals surface area contributed by atoms with E-state index >= 15 is 0 Å². The van der Waals surface area contributed by atoms with Gasteiger partial charge in [-0.25, -0.2) is 14.5 Å². The van der Waals surface area contributed by atoms with Crippen molar-refractivity contribution in [2.45, 2.75) is 0 Å². The Kier molecular flexibility index (Phi) is 5.43. The van der Waals surface area contributed by atoms with E-state index in [-0.39, 0.29) is 11.3 Å². The van der Waals surface area contributed by atoms with Crippen LogP contribution in [0, 0.1) is 0 Å². The molecule has 3 aromatic rings. The Bertz CT molecular complexity index is 1240. The Labute approximate surface area is 183 Å². The van der Waals surface area contributed by atoms with E-state index < -0.39 is 23.8 Å². The molecule has 0 N–H and O–H groups in total. The Morgan fingerprint density at radius 3 is 2.25 bits per heavy atom. The molecule has 0 aliphatic carbocycles. The molecule has 0 unspecified atom stereocenters. The zero-order chi connectivity index (χ0) is 22.8. The zero-order valence-electron chi connectivity index (χ0n) is 17.3. The number of barbiturate groups is 1. The molecule has 0 saturated carbocycles. The lowest BCUT2D eigenvalue weighted by Gasteiger charge is -2.31. The summed E-state index contributed by atoms with van der Waals surface area (Å²) in [5.74, 6) is -1.15. The van der Waals surface area contributed by atoms with Crippen LogP contribution >= 0.6 is 0 Å². The highest BCUT2D eigenvalue weighted by molar-refractivity contribution is 6.38. The first kappa shape index (κ1) is 20.8. The van der Waals surface area contributed by atoms with Gasteiger partial charge in [0.1, 0.15) is 17.1 Å². The summed E-state index contributed by atoms with van der Waals surface area (Å²) < 4.78 is 10.5. The molecule has 2 heterocycles. The van der Waals surface area contributed by atoms with Gasteiger partial charge in [-0.2, -0.15) is 0 Å². The van der Waals surface area contributed by atoms with Gasteiger partial charge < -0.3 is 9.15 Å². The van der Waals surface area contributed by atoms with Gasteiger partial charge in [-0.15, -0.1) is 0 Å². The van der Waals surface area contributed by atoms with Crippen LogP contribution in [0.5, 0.6) is 0 Å². The van der Waals surface area contributed by atoms with E-state index in [1.165, 1.54) is 20.2 Å². The molecule has 1 fully saturated rings. The van der Waals surface area contributed by atoms with Crippen molar-refractivity contribution >= 4 is 35.6 Å². The number of likely N-dealkylation sites (N-methyl/N-ethyl adjacent to an activating group) is 1. The summed E-state index contributed by atoms with van der Waals surface area (Å²) in [6.07, 6.45) is 1.32. The number of urea groups is 1. The molecule has 0 spiro atoms. The third-order valence-electron chi connectivity index (χ3n) is 4.97. The number of furan rings is 1. The molecule has 0 bridgehead atoms. The van der Waals surface area contributed by atoms with Crippen LogP contribution in [0.25, 0.3) is 17.4 Å². The minimum absolute atomic E-state index is 0.196. The van der Waals surface area contributed by atoms with E-state index in [2.05, 4.69) is 4.74 Å². The predicted octanol–water partition coefficient (Wildman–Crippen LogP) is 3.74. The van der Waals surface area contributed by atoms with E-state index in [1.54, 1.807) is 66.7 Å². The smallest absolute Gasteiger partial charge is 0.338 e. The molecule has 0 radical (unpaired) electrons. The summed E-state index contributed by atoms with van der Waals surface area (Å²) in [5.41, 5.74) is 1.26. The normalized spacial score (nSPS) is 15.4. The van der Waals surface area contributed by atoms with Crippen LogP contribution < -0.4 is 4.90 Å². The van der Waals surface area contributed by atoms with Crippen molar-refractivity contribution in [2.75, 3.05) is 19.1 Å². The molecule has 1 saturated heterocycles. The SMILES string of the molecule is COC(=O)c1ccc(-c2ccc(/C=C3\C(=O)N(C)C(=O)N(c4ccccc4)C3=O)o2)cc1. The molecule has 1 aliphatic rings. The number of hydrogen-bond donors (Lipinski definition) is 0. The Morgan fingerprint density at radius 1 is 0.906 bits per heavy atom. The average Bonchev–Trinajstić information content (AvgIpc) is 3.29. The number of benzene rings is 2. The fraction of sp³-hybridized carbons (Fsp3) is 0.0833. The number of methoxy groups -OCH3 is 1. The van der Waals surface area contributed by atoms with Gasteiger partial charge in [0, 0.05) is 12.6 Å². The molecular formula is C24H18N2O6. The summed E-state index contributed by atoms with van der Waals surface area (Å²) >= 11 is 0. The van der Waals surface area contributed by atoms with E-state index in [9.17, 15) is 19.2 Å². The summed E-state index contributed by atoms with van der Waals surface area (Å²) in [7, 11) is 2.62. The number of imide groups is 2. The van der Waals surface area contributed by atoms with Gasteiger partial charge in [0.05, 0.1) is 18.4 Å². The van der Waals surface area contributed by atoms with Crippen molar-refractivity contribution in [2.24, 2.45) is 0 Å². The van der Waals surface area contributed by atoms with Crippen molar-refractivity contribution in [3.63, 3.8) is 0 Å². The highest BCUT2D eigenvalue weighted by Gasteiger charge is 2.41. The van der Waals surface area contributed by atoms with Crippen molar-refractivity contribution in [3.05, 3.63) is 83.6 Å². The van der Waals surface area contributed by atoms with Gasteiger partial charge in [0.2, 0.25) is 0 Å². The standard InChI is InChI=1S/C24H18N2O6/c1-25-21(27)19(22(28)26(24(25)30)17-6-4-3-5-7-17)14-18-12-13-20(32-18)15-8-10-16(11-9-15)23(29)31-2/h3-14H,1-2H3/b19-14+. The number of para-hydroxylation sites is 1. The van der Waals surface area contributed by atoms with Crippen LogP contribution in [0.15, 0.2) is 76.7 Å². The molecule has 2 aromatic carbocycles. The summed E-state index contributed by atoms with van der Waals surface area (Å²) in [6.45, 7) is 0. The number of amides is 4. The summed E-state index contributed by atoms with van der Waals surface area (Å²) in [4.78, 5) is 51.6. The maximum absolute atomic E-state index is 13.0. The zero-order valence-corrected chi connectivity index (χ0v) is 17.3. The Balaban J connectivity index is 1.65. The number of nitrogens with zero attached hydrogens (tertiary/aromatic N) is 2. The minimum atomic E-state index is -0.732. The van der Waals surface area contributed by atoms with Gasteiger partial charge in [-0.3, -0.25) is 14.5 Å². The van der Waals surface area contributed by atoms with Crippen LogP contribution in [0.4, 0.5) is 10.5 Å². The van der Waals surface area contributed by atoms with Crippen molar-refractivity contribution < 1.29 is 28.3 Å². The summed E-state index contributed by atoms with van der Waals surface area (Å²) in [6, 6.07) is 17.5. The van der Waals surface area contributed by atoms with E-state index in [4.69, 9.17) is 4.42 Å². The van der Waals surface area contributed by atoms with Crippen LogP contribution in [0.3, 0.4) is 0 Å². The highest BCUT2D eigenvalue weighted by Crippen LogP contribution is 2.27. The molecule has 8 heteroatoms. The van der Waals surface area contributed by atoms with Gasteiger partial charge in [-0.05, 0) is 42.5 Å². The highest BCUT2D eigenvalue weighted by atomic mass is 16.5. The second-order valence-corrected chi connectivity index (χ2v) is 6.95. The number of rotatable bonds is 4. The number of ether oxygens (including phenoxy) is 1. The van der Waals surface area contributed by atoms with Gasteiger partial charge in [0.25, 0.3) is 11.8 Å². The molecule has 1 aliphatic heterocycles. The topological polar surface area (TPSA) is 97.1 Å². The maximum atomic E-state index is 13.0. The van der Waals surface area contributed by atoms with Crippen molar-refractivity contribution in [3.8, 4) is 11.3 Å². The van der Waals surface area contributed by atoms with E-state index in [0.717, 1.165) is 9.80 Å². The molecule has 32 heavy (non-hydrogen) atoms. The van der Waals surface area contributed by atoms with Crippen molar-refractivity contribution in [1.29, 1.82) is 0 Å². The quantitative estimate of drug-likeness (QED) is 0.355. The second-order valence-electron chi connectivity index (χ2n) is 6.95. The lowest BCUT2D eigenvalue weighted by Crippen LogP contribution is -2.55. The maximum Gasteiger partial charge on any atom is 0.338 e. The average molecular weight is 430 g/mol. The number of carbonyl (C=O) groups is 4. The molecule has 8 nitrogen and oxygen atoms in total. The molecule has 160 valence electrons. The van der Waals surface area contributed by atoms with Gasteiger partial charge in [-0.1, -0.05) is 30.3 Å². The van der Waals surface area contributed by atoms with Crippen LogP contribution in [0.2, 0.25) is 0 Å². The van der Waals surface area contributed by atoms with E-state index in [1.807, 2.05) is 0 Å². The minimum Gasteiger partial charge on any atom is -0.465 e. The fourth-order valence-corrected chi connectivity index (χ4v) is 3.26. The largest absolute Gasteiger partial charge is 0.465 e. The molecule has 4 rings (SSSR count). The number of anilines is 1. The fourth-order valence-electron chi connectivity index (χ4n) is 3.26. The van der Waals surface area contributed by atoms with Crippen LogP contribution in [0.1, 0.15) is 16.1 Å². The molecule has 1 aromatic heterocycles. The number of hydrogen-bond acceptors (Lipinski definition) is 6. The first-order valence-electron chi connectivity index (χ1n) is 9.62. The lowest BCUT2D eigenvalue weighted by atomic mass is 10.1. The summed E-state index contributed by atoms with van der Waals surface area (Å²) in [5, 5.41) is 0. The van der Waals surface area contributed by atoms with Crippen LogP contribution in [-0.2, 0) is 14.3 Å². The predicted molar refractivity (Wildman–Crippen MR) is 116 cm³/mol. The number of carbonyl (C=O) groups excluding carboxylic acids is 4. The van der Waals surface area contributed by atoms with Gasteiger partial charge in [0.15, 0.2) is 0 Å². The number of esters is 1. The molecule has 4 amide bonds. The van der Waals surface area contributed by atoms with E-state index in [0.29, 0.717) is 22.6 Å². The first-order valence-corrected chi connectivity index (χ1v) is 9.62. The van der Waals surface area contributed by atoms with Crippen molar-refractivity contribution in [1.82, 2.24) is 4.90 Å². The van der Waals surface area contributed by atoms with Gasteiger partial charge >= 0.3 is 12.0 Å². The van der Waals surface area contributed by atoms with Crippen LogP contribution in [-0.4, -0.2) is 42.9 Å².